The number of hydrogen-bond acceptors (Lipinski definition) is 4. The second kappa shape index (κ2) is 6.22. The summed E-state index contributed by atoms with van der Waals surface area (Å²) in [4.78, 5) is 16.9. The molecule has 3 aliphatic rings. The fraction of sp³-hybridized carbons (Fsp3) is 0.526. The minimum atomic E-state index is -0.770. The molecule has 128 valence electrons. The summed E-state index contributed by atoms with van der Waals surface area (Å²) in [5.74, 6) is 0.808. The van der Waals surface area contributed by atoms with E-state index in [2.05, 4.69) is 4.90 Å². The van der Waals surface area contributed by atoms with Crippen LogP contribution < -0.4 is 4.74 Å². The molecule has 0 aliphatic carbocycles. The average molecular weight is 328 g/mol. The summed E-state index contributed by atoms with van der Waals surface area (Å²) >= 11 is 0. The van der Waals surface area contributed by atoms with Crippen molar-refractivity contribution in [2.75, 3.05) is 39.3 Å². The van der Waals surface area contributed by atoms with Crippen LogP contribution in [0.15, 0.2) is 29.8 Å². The van der Waals surface area contributed by atoms with Crippen molar-refractivity contribution in [2.24, 2.45) is 0 Å². The van der Waals surface area contributed by atoms with E-state index in [1.807, 2.05) is 30.3 Å². The first kappa shape index (κ1) is 15.7. The highest BCUT2D eigenvalue weighted by atomic mass is 16.5. The number of β-amino-alcohol motifs (C(OH)–C–C–N with tert-alkyl or cyclic N) is 1. The lowest BCUT2D eigenvalue weighted by molar-refractivity contribution is -0.127. The van der Waals surface area contributed by atoms with Crippen LogP contribution in [-0.4, -0.2) is 65.7 Å². The number of ether oxygens (including phenoxy) is 1. The summed E-state index contributed by atoms with van der Waals surface area (Å²) < 4.78 is 5.69. The smallest absolute Gasteiger partial charge is 0.253 e. The van der Waals surface area contributed by atoms with Gasteiger partial charge in [0.1, 0.15) is 12.4 Å². The Hall–Kier alpha value is -1.85. The number of benzene rings is 1. The Kier molecular flexibility index (Phi) is 4.06. The first-order valence-electron chi connectivity index (χ1n) is 8.79. The third-order valence-electron chi connectivity index (χ3n) is 5.24. The van der Waals surface area contributed by atoms with Crippen molar-refractivity contribution in [2.45, 2.75) is 24.9 Å². The zero-order chi connectivity index (χ0) is 16.6. The number of carbonyl (C=O) groups is 1. The van der Waals surface area contributed by atoms with E-state index in [4.69, 9.17) is 4.74 Å². The molecule has 0 unspecified atom stereocenters. The van der Waals surface area contributed by atoms with Gasteiger partial charge in [0.05, 0.1) is 17.7 Å². The van der Waals surface area contributed by atoms with Gasteiger partial charge < -0.3 is 19.6 Å². The van der Waals surface area contributed by atoms with Crippen LogP contribution >= 0.6 is 0 Å². The first-order valence-corrected chi connectivity index (χ1v) is 8.79. The highest BCUT2D eigenvalue weighted by molar-refractivity contribution is 5.99. The normalized spacial score (nSPS) is 26.9. The van der Waals surface area contributed by atoms with Crippen molar-refractivity contribution in [3.05, 3.63) is 35.4 Å². The molecule has 0 radical (unpaired) electrons. The maximum absolute atomic E-state index is 12.8. The fourth-order valence-electron chi connectivity index (χ4n) is 3.96. The average Bonchev–Trinajstić information content (AvgIpc) is 3.24. The lowest BCUT2D eigenvalue weighted by Gasteiger charge is -2.29. The first-order chi connectivity index (χ1) is 11.6. The summed E-state index contributed by atoms with van der Waals surface area (Å²) in [6.45, 7) is 4.13. The van der Waals surface area contributed by atoms with Gasteiger partial charge in [-0.15, -0.1) is 0 Å². The van der Waals surface area contributed by atoms with Crippen molar-refractivity contribution in [3.8, 4) is 5.75 Å². The van der Waals surface area contributed by atoms with Gasteiger partial charge in [-0.1, -0.05) is 18.2 Å². The Labute approximate surface area is 142 Å². The minimum absolute atomic E-state index is 0.0122. The predicted octanol–water partition coefficient (Wildman–Crippen LogP) is 1.52. The largest absolute Gasteiger partial charge is 0.488 e. The molecule has 4 rings (SSSR count). The molecular weight excluding hydrogens is 304 g/mol. The van der Waals surface area contributed by atoms with Gasteiger partial charge in [-0.2, -0.15) is 0 Å². The van der Waals surface area contributed by atoms with Crippen molar-refractivity contribution >= 4 is 12.0 Å². The van der Waals surface area contributed by atoms with Gasteiger partial charge in [0.25, 0.3) is 5.91 Å². The Morgan fingerprint density at radius 2 is 2.00 bits per heavy atom. The van der Waals surface area contributed by atoms with Crippen LogP contribution in [0.5, 0.6) is 5.75 Å². The van der Waals surface area contributed by atoms with E-state index in [0.717, 1.165) is 24.4 Å². The molecule has 0 bridgehead atoms. The molecular formula is C19H24N2O3. The molecule has 0 spiro atoms. The van der Waals surface area contributed by atoms with E-state index < -0.39 is 5.60 Å². The lowest BCUT2D eigenvalue weighted by Crippen LogP contribution is -2.45. The van der Waals surface area contributed by atoms with Crippen molar-refractivity contribution < 1.29 is 14.6 Å². The zero-order valence-corrected chi connectivity index (χ0v) is 13.9. The van der Waals surface area contributed by atoms with Crippen LogP contribution in [0, 0.1) is 0 Å². The van der Waals surface area contributed by atoms with Gasteiger partial charge in [0.2, 0.25) is 0 Å². The van der Waals surface area contributed by atoms with Crippen LogP contribution in [-0.2, 0) is 4.79 Å². The molecule has 3 aliphatic heterocycles. The number of fused-ring (bicyclic) bond motifs is 1. The van der Waals surface area contributed by atoms with Crippen molar-refractivity contribution in [3.63, 3.8) is 0 Å². The molecule has 24 heavy (non-hydrogen) atoms. The Balaban J connectivity index is 1.43. The number of nitrogens with zero attached hydrogens (tertiary/aromatic N) is 2. The predicted molar refractivity (Wildman–Crippen MR) is 91.7 cm³/mol. The van der Waals surface area contributed by atoms with E-state index in [9.17, 15) is 9.90 Å². The molecule has 0 aromatic heterocycles. The quantitative estimate of drug-likeness (QED) is 0.914. The summed E-state index contributed by atoms with van der Waals surface area (Å²) in [6.07, 6.45) is 4.99. The Bertz CT molecular complexity index is 666. The van der Waals surface area contributed by atoms with Gasteiger partial charge >= 0.3 is 0 Å². The molecule has 2 saturated heterocycles. The summed E-state index contributed by atoms with van der Waals surface area (Å²) in [7, 11) is 0. The molecule has 1 atom stereocenters. The number of hydrogen-bond donors (Lipinski definition) is 1. The van der Waals surface area contributed by atoms with Gasteiger partial charge in [0, 0.05) is 18.7 Å². The van der Waals surface area contributed by atoms with Gasteiger partial charge in [-0.3, -0.25) is 4.79 Å². The molecule has 1 amide bonds. The van der Waals surface area contributed by atoms with Crippen molar-refractivity contribution in [1.29, 1.82) is 0 Å². The molecule has 0 saturated carbocycles. The van der Waals surface area contributed by atoms with Crippen LogP contribution in [0.2, 0.25) is 0 Å². The molecule has 2 fully saturated rings. The number of para-hydroxylation sites is 1. The second-order valence-electron chi connectivity index (χ2n) is 7.18. The van der Waals surface area contributed by atoms with Gasteiger partial charge in [-0.05, 0) is 44.5 Å². The third-order valence-corrected chi connectivity index (χ3v) is 5.24. The van der Waals surface area contributed by atoms with E-state index in [1.54, 1.807) is 4.90 Å². The standard InChI is InChI=1S/C19H24N2O3/c22-18(16-11-15-5-1-2-6-17(15)24-12-16)21-10-7-19(23,14-21)13-20-8-3-4-9-20/h1-2,5-6,11,23H,3-4,7-10,12-14H2/t19-/m1/s1. The maximum atomic E-state index is 12.8. The lowest BCUT2D eigenvalue weighted by atomic mass is 10.0. The maximum Gasteiger partial charge on any atom is 0.253 e. The molecule has 1 N–H and O–H groups in total. The minimum Gasteiger partial charge on any atom is -0.488 e. The molecule has 5 nitrogen and oxygen atoms in total. The monoisotopic (exact) mass is 328 g/mol. The van der Waals surface area contributed by atoms with Gasteiger partial charge in [0.15, 0.2) is 0 Å². The Morgan fingerprint density at radius 1 is 1.21 bits per heavy atom. The third kappa shape index (κ3) is 3.06. The number of carbonyl (C=O) groups excluding carboxylic acids is 1. The topological polar surface area (TPSA) is 53.0 Å². The summed E-state index contributed by atoms with van der Waals surface area (Å²) in [5.41, 5.74) is 0.839. The van der Waals surface area contributed by atoms with Crippen LogP contribution in [0.4, 0.5) is 0 Å². The fourth-order valence-corrected chi connectivity index (χ4v) is 3.96. The van der Waals surface area contributed by atoms with E-state index >= 15 is 0 Å². The van der Waals surface area contributed by atoms with Crippen LogP contribution in [0.25, 0.3) is 6.08 Å². The van der Waals surface area contributed by atoms with E-state index in [1.165, 1.54) is 12.8 Å². The van der Waals surface area contributed by atoms with E-state index in [0.29, 0.717) is 38.2 Å². The van der Waals surface area contributed by atoms with Crippen LogP contribution in [0.3, 0.4) is 0 Å². The van der Waals surface area contributed by atoms with Crippen molar-refractivity contribution in [1.82, 2.24) is 9.80 Å². The zero-order valence-electron chi connectivity index (χ0n) is 13.9. The molecule has 1 aromatic rings. The number of likely N-dealkylation sites (tertiary alicyclic amines) is 2. The highest BCUT2D eigenvalue weighted by Crippen LogP contribution is 2.29. The second-order valence-corrected chi connectivity index (χ2v) is 7.18. The molecule has 5 heteroatoms. The molecule has 1 aromatic carbocycles. The number of aliphatic hydroxyl groups is 1. The Morgan fingerprint density at radius 3 is 2.83 bits per heavy atom. The number of amides is 1. The summed E-state index contributed by atoms with van der Waals surface area (Å²) in [5, 5.41) is 10.8. The molecule has 3 heterocycles. The SMILES string of the molecule is O=C(C1=Cc2ccccc2OC1)N1CC[C@@](O)(CN2CCCC2)C1. The number of rotatable bonds is 3. The highest BCUT2D eigenvalue weighted by Gasteiger charge is 2.40. The summed E-state index contributed by atoms with van der Waals surface area (Å²) in [6, 6.07) is 7.74. The van der Waals surface area contributed by atoms with Gasteiger partial charge in [-0.25, -0.2) is 0 Å². The van der Waals surface area contributed by atoms with E-state index in [-0.39, 0.29) is 5.91 Å². The van der Waals surface area contributed by atoms with Crippen LogP contribution in [0.1, 0.15) is 24.8 Å².